The lowest BCUT2D eigenvalue weighted by molar-refractivity contribution is 0.0663. The van der Waals surface area contributed by atoms with E-state index in [0.29, 0.717) is 11.5 Å². The number of piperazine rings is 1. The van der Waals surface area contributed by atoms with E-state index in [0.717, 1.165) is 45.7 Å². The van der Waals surface area contributed by atoms with E-state index in [9.17, 15) is 4.79 Å². The van der Waals surface area contributed by atoms with Gasteiger partial charge in [-0.2, -0.15) is 0 Å². The summed E-state index contributed by atoms with van der Waals surface area (Å²) in [5.74, 6) is 0.730. The number of amides is 1. The highest BCUT2D eigenvalue weighted by atomic mass is 16.2. The van der Waals surface area contributed by atoms with Crippen LogP contribution in [0.15, 0.2) is 36.7 Å². The third kappa shape index (κ3) is 3.35. The standard InChI is InChI=1S/C19H23N5O/c1-22-8-10-23(11-9-22)18(25)17-12-20-19(21-13-17)24-7-6-15-4-2-3-5-16(15)14-24/h2-5,12-13H,6-11,14H2,1H3. The van der Waals surface area contributed by atoms with Gasteiger partial charge in [0.25, 0.3) is 5.91 Å². The lowest BCUT2D eigenvalue weighted by atomic mass is 10.0. The lowest BCUT2D eigenvalue weighted by Crippen LogP contribution is -2.47. The predicted molar refractivity (Wildman–Crippen MR) is 96.6 cm³/mol. The Balaban J connectivity index is 1.45. The van der Waals surface area contributed by atoms with Crippen LogP contribution in [-0.2, 0) is 13.0 Å². The summed E-state index contributed by atoms with van der Waals surface area (Å²) in [7, 11) is 2.08. The number of nitrogens with zero attached hydrogens (tertiary/aromatic N) is 5. The number of benzene rings is 1. The Bertz CT molecular complexity index is 753. The monoisotopic (exact) mass is 337 g/mol. The fourth-order valence-corrected chi connectivity index (χ4v) is 3.45. The van der Waals surface area contributed by atoms with Crippen molar-refractivity contribution in [3.8, 4) is 0 Å². The fraction of sp³-hybridized carbons (Fsp3) is 0.421. The molecule has 0 spiro atoms. The van der Waals surface area contributed by atoms with Crippen LogP contribution >= 0.6 is 0 Å². The topological polar surface area (TPSA) is 52.6 Å². The van der Waals surface area contributed by atoms with E-state index < -0.39 is 0 Å². The first-order chi connectivity index (χ1) is 12.2. The lowest BCUT2D eigenvalue weighted by Gasteiger charge is -2.32. The van der Waals surface area contributed by atoms with Crippen LogP contribution in [0.2, 0.25) is 0 Å². The third-order valence-corrected chi connectivity index (χ3v) is 5.09. The molecule has 3 heterocycles. The van der Waals surface area contributed by atoms with Gasteiger partial charge in [-0.1, -0.05) is 24.3 Å². The van der Waals surface area contributed by atoms with Gasteiger partial charge in [0.2, 0.25) is 5.95 Å². The molecule has 130 valence electrons. The van der Waals surface area contributed by atoms with Crippen LogP contribution in [0, 0.1) is 0 Å². The van der Waals surface area contributed by atoms with E-state index in [4.69, 9.17) is 0 Å². The molecule has 0 atom stereocenters. The van der Waals surface area contributed by atoms with Gasteiger partial charge in [-0.15, -0.1) is 0 Å². The molecule has 0 aliphatic carbocycles. The minimum atomic E-state index is 0.0311. The van der Waals surface area contributed by atoms with Gasteiger partial charge in [-0.3, -0.25) is 4.79 Å². The highest BCUT2D eigenvalue weighted by molar-refractivity contribution is 5.93. The average molecular weight is 337 g/mol. The third-order valence-electron chi connectivity index (χ3n) is 5.09. The molecule has 0 radical (unpaired) electrons. The maximum atomic E-state index is 12.6. The molecule has 1 fully saturated rings. The van der Waals surface area contributed by atoms with Crippen molar-refractivity contribution in [3.63, 3.8) is 0 Å². The summed E-state index contributed by atoms with van der Waals surface area (Å²) in [6.45, 7) is 5.08. The first-order valence-electron chi connectivity index (χ1n) is 8.82. The van der Waals surface area contributed by atoms with Crippen LogP contribution in [0.3, 0.4) is 0 Å². The molecule has 6 nitrogen and oxygen atoms in total. The molecule has 0 bridgehead atoms. The molecular formula is C19H23N5O. The number of anilines is 1. The van der Waals surface area contributed by atoms with Crippen molar-refractivity contribution < 1.29 is 4.79 Å². The van der Waals surface area contributed by atoms with Crippen molar-refractivity contribution in [3.05, 3.63) is 53.3 Å². The Labute approximate surface area is 148 Å². The summed E-state index contributed by atoms with van der Waals surface area (Å²) in [6.07, 6.45) is 4.34. The minimum Gasteiger partial charge on any atom is -0.336 e. The van der Waals surface area contributed by atoms with Crippen molar-refractivity contribution in [1.29, 1.82) is 0 Å². The van der Waals surface area contributed by atoms with Crippen LogP contribution < -0.4 is 4.90 Å². The Morgan fingerprint density at radius 3 is 2.36 bits per heavy atom. The van der Waals surface area contributed by atoms with E-state index in [2.05, 4.69) is 51.1 Å². The van der Waals surface area contributed by atoms with Crippen LogP contribution in [0.25, 0.3) is 0 Å². The van der Waals surface area contributed by atoms with Crippen molar-refractivity contribution in [1.82, 2.24) is 19.8 Å². The van der Waals surface area contributed by atoms with Gasteiger partial charge in [0.1, 0.15) is 0 Å². The Hall–Kier alpha value is -2.47. The molecule has 4 rings (SSSR count). The van der Waals surface area contributed by atoms with E-state index >= 15 is 0 Å². The summed E-state index contributed by atoms with van der Waals surface area (Å²) in [4.78, 5) is 27.8. The number of carbonyl (C=O) groups excluding carboxylic acids is 1. The first kappa shape index (κ1) is 16.0. The highest BCUT2D eigenvalue weighted by Crippen LogP contribution is 2.21. The number of hydrogen-bond donors (Lipinski definition) is 0. The van der Waals surface area contributed by atoms with Gasteiger partial charge >= 0.3 is 0 Å². The minimum absolute atomic E-state index is 0.0311. The van der Waals surface area contributed by atoms with Crippen LogP contribution in [0.1, 0.15) is 21.5 Å². The Kier molecular flexibility index (Phi) is 4.36. The Morgan fingerprint density at radius 2 is 1.64 bits per heavy atom. The maximum absolute atomic E-state index is 12.6. The average Bonchev–Trinajstić information content (AvgIpc) is 2.68. The van der Waals surface area contributed by atoms with Crippen LogP contribution in [0.5, 0.6) is 0 Å². The van der Waals surface area contributed by atoms with Crippen molar-refractivity contribution >= 4 is 11.9 Å². The molecule has 2 aromatic rings. The fourth-order valence-electron chi connectivity index (χ4n) is 3.45. The molecule has 6 heteroatoms. The largest absolute Gasteiger partial charge is 0.336 e. The van der Waals surface area contributed by atoms with Gasteiger partial charge in [0.05, 0.1) is 5.56 Å². The number of hydrogen-bond acceptors (Lipinski definition) is 5. The van der Waals surface area contributed by atoms with Crippen molar-refractivity contribution in [2.75, 3.05) is 44.7 Å². The summed E-state index contributed by atoms with van der Waals surface area (Å²) < 4.78 is 0. The molecule has 2 aliphatic rings. The molecule has 0 saturated carbocycles. The van der Waals surface area contributed by atoms with Crippen LogP contribution in [0.4, 0.5) is 5.95 Å². The zero-order chi connectivity index (χ0) is 17.2. The van der Waals surface area contributed by atoms with Gasteiger partial charge in [0, 0.05) is 51.7 Å². The Morgan fingerprint density at radius 1 is 0.960 bits per heavy atom. The zero-order valence-electron chi connectivity index (χ0n) is 14.6. The van der Waals surface area contributed by atoms with E-state index in [-0.39, 0.29) is 5.91 Å². The smallest absolute Gasteiger partial charge is 0.257 e. The number of carbonyl (C=O) groups is 1. The maximum Gasteiger partial charge on any atom is 0.257 e. The molecule has 2 aliphatic heterocycles. The van der Waals surface area contributed by atoms with Gasteiger partial charge in [-0.05, 0) is 24.6 Å². The summed E-state index contributed by atoms with van der Waals surface area (Å²) >= 11 is 0. The van der Waals surface area contributed by atoms with E-state index in [1.807, 2.05) is 4.90 Å². The molecule has 25 heavy (non-hydrogen) atoms. The quantitative estimate of drug-likeness (QED) is 0.830. The van der Waals surface area contributed by atoms with E-state index in [1.165, 1.54) is 11.1 Å². The molecule has 0 unspecified atom stereocenters. The van der Waals surface area contributed by atoms with Gasteiger partial charge in [0.15, 0.2) is 0 Å². The normalized spacial score (nSPS) is 18.1. The molecule has 1 aromatic heterocycles. The second kappa shape index (κ2) is 6.80. The van der Waals surface area contributed by atoms with Crippen molar-refractivity contribution in [2.45, 2.75) is 13.0 Å². The first-order valence-corrected chi connectivity index (χ1v) is 8.82. The molecule has 1 aromatic carbocycles. The van der Waals surface area contributed by atoms with Gasteiger partial charge < -0.3 is 14.7 Å². The molecule has 0 N–H and O–H groups in total. The number of likely N-dealkylation sites (N-methyl/N-ethyl adjacent to an activating group) is 1. The van der Waals surface area contributed by atoms with Crippen LogP contribution in [-0.4, -0.2) is 65.4 Å². The van der Waals surface area contributed by atoms with Gasteiger partial charge in [-0.25, -0.2) is 9.97 Å². The highest BCUT2D eigenvalue weighted by Gasteiger charge is 2.22. The molecule has 1 saturated heterocycles. The summed E-state index contributed by atoms with van der Waals surface area (Å²) in [6, 6.07) is 8.50. The number of aromatic nitrogens is 2. The summed E-state index contributed by atoms with van der Waals surface area (Å²) in [5.41, 5.74) is 3.31. The second-order valence-electron chi connectivity index (χ2n) is 6.81. The molecular weight excluding hydrogens is 314 g/mol. The summed E-state index contributed by atoms with van der Waals surface area (Å²) in [5, 5.41) is 0. The second-order valence-corrected chi connectivity index (χ2v) is 6.81. The SMILES string of the molecule is CN1CCN(C(=O)c2cnc(N3CCc4ccccc4C3)nc2)CC1. The number of fused-ring (bicyclic) bond motifs is 1. The predicted octanol–water partition coefficient (Wildman–Crippen LogP) is 1.43. The van der Waals surface area contributed by atoms with E-state index in [1.54, 1.807) is 12.4 Å². The zero-order valence-corrected chi connectivity index (χ0v) is 14.6. The number of rotatable bonds is 2. The van der Waals surface area contributed by atoms with Crippen molar-refractivity contribution in [2.24, 2.45) is 0 Å². The molecule has 1 amide bonds.